The summed E-state index contributed by atoms with van der Waals surface area (Å²) in [4.78, 5) is 12.7. The van der Waals surface area contributed by atoms with Gasteiger partial charge < -0.3 is 5.73 Å². The van der Waals surface area contributed by atoms with Gasteiger partial charge in [-0.15, -0.1) is 0 Å². The molecule has 2 aromatic heterocycles. The van der Waals surface area contributed by atoms with E-state index in [1.165, 1.54) is 6.34 Å². The number of hydrogen-bond acceptors (Lipinski definition) is 3. The first-order valence-electron chi connectivity index (χ1n) is 7.97. The van der Waals surface area contributed by atoms with Crippen LogP contribution in [0.25, 0.3) is 22.9 Å². The number of rotatable bonds is 5. The summed E-state index contributed by atoms with van der Waals surface area (Å²) in [6.07, 6.45) is 6.62. The zero-order chi connectivity index (χ0) is 18.4. The molecule has 5 heteroatoms. The summed E-state index contributed by atoms with van der Waals surface area (Å²) in [5.74, 6) is 0.544. The van der Waals surface area contributed by atoms with Gasteiger partial charge in [0.15, 0.2) is 5.82 Å². The van der Waals surface area contributed by atoms with Gasteiger partial charge in [0.05, 0.1) is 12.0 Å². The molecule has 0 radical (unpaired) electrons. The van der Waals surface area contributed by atoms with Gasteiger partial charge in [-0.2, -0.15) is 0 Å². The van der Waals surface area contributed by atoms with Crippen LogP contribution in [0.4, 0.5) is 5.82 Å². The molecule has 0 aliphatic carbocycles. The van der Waals surface area contributed by atoms with E-state index in [4.69, 9.17) is 17.3 Å². The Balaban J connectivity index is 1.85. The van der Waals surface area contributed by atoms with Crippen LogP contribution < -0.4 is 5.73 Å². The Hall–Kier alpha value is -3.24. The van der Waals surface area contributed by atoms with Crippen molar-refractivity contribution in [2.75, 3.05) is 0 Å². The lowest BCUT2D eigenvalue weighted by molar-refractivity contribution is 1.26. The summed E-state index contributed by atoms with van der Waals surface area (Å²) < 4.78 is 0. The van der Waals surface area contributed by atoms with Gasteiger partial charge in [-0.05, 0) is 29.8 Å². The first-order chi connectivity index (χ1) is 12.7. The Bertz CT molecular complexity index is 978. The predicted molar refractivity (Wildman–Crippen MR) is 109 cm³/mol. The van der Waals surface area contributed by atoms with Crippen LogP contribution in [-0.4, -0.2) is 16.3 Å². The van der Waals surface area contributed by atoms with E-state index in [0.717, 1.165) is 28.0 Å². The van der Waals surface area contributed by atoms with Gasteiger partial charge in [-0.3, -0.25) is 0 Å². The lowest BCUT2D eigenvalue weighted by atomic mass is 10.1. The van der Waals surface area contributed by atoms with Gasteiger partial charge >= 0.3 is 0 Å². The standard InChI is InChI=1S/C21H17ClN4/c1-15(9-10-17-8-5-13-24-21(17)25-14-23)18-11-12-19(26-20(18)22)16-6-3-2-4-7-16/h2-14H,1H2,(H2,23,24,25)/b10-9-. The minimum Gasteiger partial charge on any atom is -0.390 e. The Kier molecular flexibility index (Phi) is 5.56. The van der Waals surface area contributed by atoms with Crippen molar-refractivity contribution < 1.29 is 0 Å². The van der Waals surface area contributed by atoms with Crippen molar-refractivity contribution in [3.05, 3.63) is 89.7 Å². The summed E-state index contributed by atoms with van der Waals surface area (Å²) >= 11 is 6.38. The highest BCUT2D eigenvalue weighted by Crippen LogP contribution is 2.27. The van der Waals surface area contributed by atoms with Gasteiger partial charge in [0.2, 0.25) is 0 Å². The van der Waals surface area contributed by atoms with Gasteiger partial charge in [0, 0.05) is 22.9 Å². The van der Waals surface area contributed by atoms with E-state index in [2.05, 4.69) is 21.5 Å². The maximum Gasteiger partial charge on any atom is 0.160 e. The number of halogens is 1. The number of pyridine rings is 2. The molecule has 0 atom stereocenters. The molecule has 1 aromatic carbocycles. The van der Waals surface area contributed by atoms with Crippen LogP contribution in [0.5, 0.6) is 0 Å². The highest BCUT2D eigenvalue weighted by Gasteiger charge is 2.07. The molecule has 2 N–H and O–H groups in total. The number of nitrogens with zero attached hydrogens (tertiary/aromatic N) is 3. The molecule has 2 heterocycles. The largest absolute Gasteiger partial charge is 0.390 e. The zero-order valence-electron chi connectivity index (χ0n) is 14.0. The van der Waals surface area contributed by atoms with Crippen molar-refractivity contribution in [2.24, 2.45) is 10.7 Å². The minimum absolute atomic E-state index is 0.410. The third-order valence-corrected chi connectivity index (χ3v) is 4.03. The SMILES string of the molecule is C=C(/C=C\c1cccnc1/N=C/N)c1ccc(-c2ccccc2)nc1Cl. The molecule has 0 spiro atoms. The van der Waals surface area contributed by atoms with E-state index in [1.807, 2.05) is 66.7 Å². The third kappa shape index (κ3) is 4.05. The Labute approximate surface area is 157 Å². The molecule has 0 unspecified atom stereocenters. The van der Waals surface area contributed by atoms with Gasteiger partial charge in [0.1, 0.15) is 5.15 Å². The normalized spacial score (nSPS) is 11.3. The van der Waals surface area contributed by atoms with Gasteiger partial charge in [-0.25, -0.2) is 15.0 Å². The number of allylic oxidation sites excluding steroid dienone is 2. The van der Waals surface area contributed by atoms with Crippen molar-refractivity contribution in [3.63, 3.8) is 0 Å². The maximum absolute atomic E-state index is 6.38. The van der Waals surface area contributed by atoms with Crippen molar-refractivity contribution in [3.8, 4) is 11.3 Å². The smallest absolute Gasteiger partial charge is 0.160 e. The van der Waals surface area contributed by atoms with Crippen molar-refractivity contribution >= 4 is 35.4 Å². The highest BCUT2D eigenvalue weighted by molar-refractivity contribution is 6.31. The van der Waals surface area contributed by atoms with E-state index in [-0.39, 0.29) is 0 Å². The molecule has 26 heavy (non-hydrogen) atoms. The third-order valence-electron chi connectivity index (χ3n) is 3.74. The van der Waals surface area contributed by atoms with E-state index in [0.29, 0.717) is 11.0 Å². The number of aromatic nitrogens is 2. The van der Waals surface area contributed by atoms with Gasteiger partial charge in [-0.1, -0.05) is 60.7 Å². The topological polar surface area (TPSA) is 64.2 Å². The molecule has 0 saturated heterocycles. The summed E-state index contributed by atoms with van der Waals surface area (Å²) in [6.45, 7) is 4.08. The number of benzene rings is 1. The van der Waals surface area contributed by atoms with E-state index < -0.39 is 0 Å². The molecule has 0 fully saturated rings. The molecule has 0 saturated carbocycles. The summed E-state index contributed by atoms with van der Waals surface area (Å²) in [7, 11) is 0. The van der Waals surface area contributed by atoms with Crippen LogP contribution in [0.2, 0.25) is 5.15 Å². The van der Waals surface area contributed by atoms with Crippen LogP contribution in [-0.2, 0) is 0 Å². The molecule has 128 valence electrons. The molecule has 3 rings (SSSR count). The van der Waals surface area contributed by atoms with E-state index in [9.17, 15) is 0 Å². The van der Waals surface area contributed by atoms with Crippen LogP contribution >= 0.6 is 11.6 Å². The fourth-order valence-electron chi connectivity index (χ4n) is 2.44. The predicted octanol–water partition coefficient (Wildman–Crippen LogP) is 5.14. The summed E-state index contributed by atoms with van der Waals surface area (Å²) in [5, 5.41) is 0.410. The number of aliphatic imine (C=N–C) groups is 1. The molecular weight excluding hydrogens is 344 g/mol. The van der Waals surface area contributed by atoms with Crippen LogP contribution in [0.15, 0.2) is 78.4 Å². The quantitative estimate of drug-likeness (QED) is 0.296. The molecule has 0 amide bonds. The van der Waals surface area contributed by atoms with Crippen molar-refractivity contribution in [1.29, 1.82) is 0 Å². The minimum atomic E-state index is 0.410. The Morgan fingerprint density at radius 1 is 1.08 bits per heavy atom. The molecule has 0 bridgehead atoms. The average molecular weight is 361 g/mol. The lowest BCUT2D eigenvalue weighted by Gasteiger charge is -2.07. The summed E-state index contributed by atoms with van der Waals surface area (Å²) in [6, 6.07) is 17.5. The number of nitrogens with two attached hydrogens (primary N) is 1. The first kappa shape index (κ1) is 17.6. The second kappa shape index (κ2) is 8.23. The summed E-state index contributed by atoms with van der Waals surface area (Å²) in [5.41, 5.74) is 9.55. The van der Waals surface area contributed by atoms with Gasteiger partial charge in [0.25, 0.3) is 0 Å². The van der Waals surface area contributed by atoms with Crippen LogP contribution in [0.3, 0.4) is 0 Å². The Morgan fingerprint density at radius 2 is 1.88 bits per heavy atom. The Morgan fingerprint density at radius 3 is 2.62 bits per heavy atom. The number of hydrogen-bond donors (Lipinski definition) is 1. The lowest BCUT2D eigenvalue weighted by Crippen LogP contribution is -1.90. The average Bonchev–Trinajstić information content (AvgIpc) is 2.68. The maximum atomic E-state index is 6.38. The van der Waals surface area contributed by atoms with Crippen molar-refractivity contribution in [2.45, 2.75) is 0 Å². The monoisotopic (exact) mass is 360 g/mol. The van der Waals surface area contributed by atoms with Crippen LogP contribution in [0, 0.1) is 0 Å². The fourth-order valence-corrected chi connectivity index (χ4v) is 2.72. The molecule has 3 aromatic rings. The molecule has 4 nitrogen and oxygen atoms in total. The second-order valence-electron chi connectivity index (χ2n) is 5.45. The first-order valence-corrected chi connectivity index (χ1v) is 8.35. The molecular formula is C21H17ClN4. The van der Waals surface area contributed by atoms with Crippen LogP contribution in [0.1, 0.15) is 11.1 Å². The van der Waals surface area contributed by atoms with E-state index in [1.54, 1.807) is 6.20 Å². The second-order valence-corrected chi connectivity index (χ2v) is 5.81. The molecule has 0 aliphatic heterocycles. The zero-order valence-corrected chi connectivity index (χ0v) is 14.8. The molecule has 0 aliphatic rings. The fraction of sp³-hybridized carbons (Fsp3) is 0. The highest BCUT2D eigenvalue weighted by atomic mass is 35.5. The van der Waals surface area contributed by atoms with Crippen molar-refractivity contribution in [1.82, 2.24) is 9.97 Å². The van der Waals surface area contributed by atoms with E-state index >= 15 is 0 Å².